The van der Waals surface area contributed by atoms with Gasteiger partial charge in [-0.25, -0.2) is 0 Å². The molecule has 1 aromatic heterocycles. The molecule has 1 aliphatic rings. The molecule has 0 aliphatic carbocycles. The highest BCUT2D eigenvalue weighted by atomic mass is 16.2. The quantitative estimate of drug-likeness (QED) is 0.874. The van der Waals surface area contributed by atoms with Crippen LogP contribution in [0.2, 0.25) is 0 Å². The van der Waals surface area contributed by atoms with E-state index in [4.69, 9.17) is 0 Å². The van der Waals surface area contributed by atoms with Crippen molar-refractivity contribution in [1.29, 1.82) is 0 Å². The minimum atomic E-state index is 0.0270. The molecular weight excluding hydrogens is 286 g/mol. The molecule has 1 aliphatic heterocycles. The molecule has 4 heteroatoms. The molecule has 0 spiro atoms. The van der Waals surface area contributed by atoms with Crippen molar-refractivity contribution in [2.24, 2.45) is 0 Å². The van der Waals surface area contributed by atoms with Gasteiger partial charge in [0.2, 0.25) is 5.91 Å². The van der Waals surface area contributed by atoms with Crippen molar-refractivity contribution >= 4 is 16.7 Å². The maximum Gasteiger partial charge on any atom is 0.239 e. The third-order valence-electron chi connectivity index (χ3n) is 4.86. The van der Waals surface area contributed by atoms with E-state index in [9.17, 15) is 4.79 Å². The Morgan fingerprint density at radius 1 is 1.30 bits per heavy atom. The first-order valence-electron chi connectivity index (χ1n) is 8.43. The Kier molecular flexibility index (Phi) is 4.91. The molecule has 0 radical (unpaired) electrons. The van der Waals surface area contributed by atoms with Gasteiger partial charge in [-0.1, -0.05) is 31.0 Å². The van der Waals surface area contributed by atoms with Crippen LogP contribution < -0.4 is 0 Å². The summed E-state index contributed by atoms with van der Waals surface area (Å²) in [6.07, 6.45) is 8.23. The number of likely N-dealkylation sites (tertiary alicyclic amines) is 1. The Balaban J connectivity index is 1.77. The second-order valence-electron chi connectivity index (χ2n) is 6.55. The number of amides is 1. The monoisotopic (exact) mass is 311 g/mol. The highest BCUT2D eigenvalue weighted by Crippen LogP contribution is 2.21. The van der Waals surface area contributed by atoms with Gasteiger partial charge < -0.3 is 4.90 Å². The van der Waals surface area contributed by atoms with Gasteiger partial charge in [-0.2, -0.15) is 0 Å². The van der Waals surface area contributed by atoms with Gasteiger partial charge in [0.05, 0.1) is 6.04 Å². The van der Waals surface area contributed by atoms with Gasteiger partial charge in [0.25, 0.3) is 0 Å². The Hall–Kier alpha value is -1.94. The SMILES string of the molecule is CN(Cc1cccc2cnccc12)C(=O)C1CCCCCN1C. The number of rotatable bonds is 3. The van der Waals surface area contributed by atoms with Crippen LogP contribution in [0.25, 0.3) is 10.8 Å². The van der Waals surface area contributed by atoms with Gasteiger partial charge in [-0.15, -0.1) is 0 Å². The summed E-state index contributed by atoms with van der Waals surface area (Å²) in [4.78, 5) is 21.1. The zero-order chi connectivity index (χ0) is 16.2. The molecule has 2 heterocycles. The van der Waals surface area contributed by atoms with E-state index >= 15 is 0 Å². The van der Waals surface area contributed by atoms with E-state index in [1.165, 1.54) is 23.8 Å². The van der Waals surface area contributed by atoms with Crippen LogP contribution in [0.4, 0.5) is 0 Å². The molecule has 0 N–H and O–H groups in total. The molecule has 23 heavy (non-hydrogen) atoms. The molecule has 1 unspecified atom stereocenters. The van der Waals surface area contributed by atoms with Gasteiger partial charge >= 0.3 is 0 Å². The maximum absolute atomic E-state index is 12.9. The van der Waals surface area contributed by atoms with Gasteiger partial charge in [0.1, 0.15) is 0 Å². The number of nitrogens with zero attached hydrogens (tertiary/aromatic N) is 3. The number of benzene rings is 1. The second-order valence-corrected chi connectivity index (χ2v) is 6.55. The normalized spacial score (nSPS) is 19.5. The van der Waals surface area contributed by atoms with Crippen LogP contribution >= 0.6 is 0 Å². The van der Waals surface area contributed by atoms with E-state index in [0.29, 0.717) is 6.54 Å². The topological polar surface area (TPSA) is 36.4 Å². The van der Waals surface area contributed by atoms with Crippen molar-refractivity contribution < 1.29 is 4.79 Å². The lowest BCUT2D eigenvalue weighted by molar-refractivity contribution is -0.135. The van der Waals surface area contributed by atoms with Crippen LogP contribution in [-0.4, -0.2) is 47.4 Å². The van der Waals surface area contributed by atoms with E-state index in [1.54, 1.807) is 0 Å². The van der Waals surface area contributed by atoms with E-state index in [-0.39, 0.29) is 11.9 Å². The van der Waals surface area contributed by atoms with Gasteiger partial charge in [-0.3, -0.25) is 14.7 Å². The standard InChI is InChI=1S/C19H25N3O/c1-21-12-5-3-4-9-18(21)19(23)22(2)14-16-8-6-7-15-13-20-11-10-17(15)16/h6-8,10-11,13,18H,3-5,9,12,14H2,1-2H3. The van der Waals surface area contributed by atoms with E-state index in [2.05, 4.69) is 29.1 Å². The second kappa shape index (κ2) is 7.09. The number of carbonyl (C=O) groups is 1. The molecule has 122 valence electrons. The van der Waals surface area contributed by atoms with Crippen LogP contribution in [0.3, 0.4) is 0 Å². The van der Waals surface area contributed by atoms with E-state index < -0.39 is 0 Å². The Bertz CT molecular complexity index is 680. The van der Waals surface area contributed by atoms with Crippen LogP contribution in [0.15, 0.2) is 36.7 Å². The molecule has 0 saturated carbocycles. The molecule has 1 saturated heterocycles. The fourth-order valence-corrected chi connectivity index (χ4v) is 3.48. The first kappa shape index (κ1) is 15.9. The molecule has 1 fully saturated rings. The minimum Gasteiger partial charge on any atom is -0.340 e. The molecule has 1 atom stereocenters. The fraction of sp³-hybridized carbons (Fsp3) is 0.474. The highest BCUT2D eigenvalue weighted by Gasteiger charge is 2.27. The largest absolute Gasteiger partial charge is 0.340 e. The zero-order valence-corrected chi connectivity index (χ0v) is 14.0. The highest BCUT2D eigenvalue weighted by molar-refractivity contribution is 5.86. The van der Waals surface area contributed by atoms with Crippen molar-refractivity contribution in [3.63, 3.8) is 0 Å². The van der Waals surface area contributed by atoms with Gasteiger partial charge in [0.15, 0.2) is 0 Å². The van der Waals surface area contributed by atoms with Crippen LogP contribution in [0, 0.1) is 0 Å². The predicted octanol–water partition coefficient (Wildman–Crippen LogP) is 3.07. The van der Waals surface area contributed by atoms with Crippen molar-refractivity contribution in [3.8, 4) is 0 Å². The Morgan fingerprint density at radius 3 is 3.04 bits per heavy atom. The Morgan fingerprint density at radius 2 is 2.17 bits per heavy atom. The number of carbonyl (C=O) groups excluding carboxylic acids is 1. The summed E-state index contributed by atoms with van der Waals surface area (Å²) in [5.41, 5.74) is 1.18. The maximum atomic E-state index is 12.9. The molecule has 1 amide bonds. The molecular formula is C19H25N3O. The number of aromatic nitrogens is 1. The summed E-state index contributed by atoms with van der Waals surface area (Å²) in [6.45, 7) is 1.66. The Labute approximate surface area is 138 Å². The number of fused-ring (bicyclic) bond motifs is 1. The first-order chi connectivity index (χ1) is 11.2. The summed E-state index contributed by atoms with van der Waals surface area (Å²) in [6, 6.07) is 8.26. The summed E-state index contributed by atoms with van der Waals surface area (Å²) < 4.78 is 0. The molecule has 2 aromatic rings. The van der Waals surface area contributed by atoms with Crippen molar-refractivity contribution in [2.45, 2.75) is 38.3 Å². The summed E-state index contributed by atoms with van der Waals surface area (Å²) in [5.74, 6) is 0.237. The lowest BCUT2D eigenvalue weighted by Crippen LogP contribution is -2.45. The summed E-state index contributed by atoms with van der Waals surface area (Å²) in [5, 5.41) is 2.30. The minimum absolute atomic E-state index is 0.0270. The number of pyridine rings is 1. The van der Waals surface area contributed by atoms with Crippen molar-refractivity contribution in [3.05, 3.63) is 42.2 Å². The fourth-order valence-electron chi connectivity index (χ4n) is 3.48. The summed E-state index contributed by atoms with van der Waals surface area (Å²) >= 11 is 0. The molecule has 0 bridgehead atoms. The number of hydrogen-bond acceptors (Lipinski definition) is 3. The van der Waals surface area contributed by atoms with Crippen LogP contribution in [0.5, 0.6) is 0 Å². The van der Waals surface area contributed by atoms with Gasteiger partial charge in [-0.05, 0) is 43.5 Å². The first-order valence-corrected chi connectivity index (χ1v) is 8.43. The van der Waals surface area contributed by atoms with E-state index in [1.807, 2.05) is 36.5 Å². The lowest BCUT2D eigenvalue weighted by atomic mass is 10.1. The molecule has 1 aromatic carbocycles. The average Bonchev–Trinajstić information content (AvgIpc) is 2.79. The van der Waals surface area contributed by atoms with Crippen LogP contribution in [-0.2, 0) is 11.3 Å². The van der Waals surface area contributed by atoms with Gasteiger partial charge in [0, 0.05) is 31.4 Å². The predicted molar refractivity (Wildman–Crippen MR) is 93.1 cm³/mol. The van der Waals surface area contributed by atoms with Crippen molar-refractivity contribution in [2.75, 3.05) is 20.6 Å². The molecule has 4 nitrogen and oxygen atoms in total. The summed E-state index contributed by atoms with van der Waals surface area (Å²) in [7, 11) is 3.99. The third kappa shape index (κ3) is 3.53. The van der Waals surface area contributed by atoms with Crippen LogP contribution in [0.1, 0.15) is 31.2 Å². The average molecular weight is 311 g/mol. The smallest absolute Gasteiger partial charge is 0.239 e. The molecule has 3 rings (SSSR count). The third-order valence-corrected chi connectivity index (χ3v) is 4.86. The lowest BCUT2D eigenvalue weighted by Gasteiger charge is -2.29. The number of likely N-dealkylation sites (N-methyl/N-ethyl adjacent to an activating group) is 2. The van der Waals surface area contributed by atoms with Crippen molar-refractivity contribution in [1.82, 2.24) is 14.8 Å². The van der Waals surface area contributed by atoms with E-state index in [0.717, 1.165) is 24.8 Å². The zero-order valence-electron chi connectivity index (χ0n) is 14.0. The number of hydrogen-bond donors (Lipinski definition) is 0.